The highest BCUT2D eigenvalue weighted by Gasteiger charge is 2.42. The van der Waals surface area contributed by atoms with Crippen LogP contribution >= 0.6 is 0 Å². The van der Waals surface area contributed by atoms with Crippen LogP contribution in [0.2, 0.25) is 0 Å². The molecule has 0 aliphatic carbocycles. The number of nitrogens with zero attached hydrogens (tertiary/aromatic N) is 1. The van der Waals surface area contributed by atoms with Crippen LogP contribution in [-0.2, 0) is 9.59 Å². The second kappa shape index (κ2) is 5.30. The van der Waals surface area contributed by atoms with E-state index in [-0.39, 0.29) is 18.4 Å². The first-order valence-electron chi connectivity index (χ1n) is 6.33. The van der Waals surface area contributed by atoms with Gasteiger partial charge in [0.2, 0.25) is 5.91 Å². The van der Waals surface area contributed by atoms with Crippen molar-refractivity contribution in [2.45, 2.75) is 26.3 Å². The number of hydrogen-bond acceptors (Lipinski definition) is 3. The Morgan fingerprint density at radius 1 is 1.47 bits per heavy atom. The Hall–Kier alpha value is -2.04. The minimum Gasteiger partial charge on any atom is -0.492 e. The number of carbonyl (C=O) groups is 2. The van der Waals surface area contributed by atoms with Crippen molar-refractivity contribution in [1.82, 2.24) is 0 Å². The van der Waals surface area contributed by atoms with E-state index in [4.69, 9.17) is 9.84 Å². The molecule has 1 heterocycles. The maximum absolute atomic E-state index is 12.1. The second-order valence-electron chi connectivity index (χ2n) is 4.55. The fourth-order valence-corrected chi connectivity index (χ4v) is 2.45. The van der Waals surface area contributed by atoms with Gasteiger partial charge < -0.3 is 14.7 Å². The van der Waals surface area contributed by atoms with Gasteiger partial charge in [0, 0.05) is 12.5 Å². The van der Waals surface area contributed by atoms with Crippen LogP contribution in [-0.4, -0.2) is 29.6 Å². The number of carboxylic acids is 1. The smallest absolute Gasteiger partial charge is 0.309 e. The summed E-state index contributed by atoms with van der Waals surface area (Å²) >= 11 is 0. The van der Waals surface area contributed by atoms with Crippen molar-refractivity contribution in [3.8, 4) is 5.75 Å². The minimum absolute atomic E-state index is 0.0387. The number of rotatable bonds is 4. The fraction of sp³-hybridized carbons (Fsp3) is 0.429. The lowest BCUT2D eigenvalue weighted by molar-refractivity contribution is -0.142. The van der Waals surface area contributed by atoms with E-state index in [1.54, 1.807) is 19.1 Å². The van der Waals surface area contributed by atoms with Gasteiger partial charge in [-0.15, -0.1) is 0 Å². The van der Waals surface area contributed by atoms with Gasteiger partial charge in [-0.05, 0) is 26.0 Å². The summed E-state index contributed by atoms with van der Waals surface area (Å²) in [4.78, 5) is 24.7. The molecule has 1 N–H and O–H groups in total. The molecule has 0 bridgehead atoms. The molecular weight excluding hydrogens is 246 g/mol. The van der Waals surface area contributed by atoms with E-state index in [2.05, 4.69) is 0 Å². The zero-order valence-electron chi connectivity index (χ0n) is 11.0. The number of hydrogen-bond donors (Lipinski definition) is 1. The topological polar surface area (TPSA) is 66.8 Å². The Bertz CT molecular complexity index is 500. The first-order valence-corrected chi connectivity index (χ1v) is 6.33. The van der Waals surface area contributed by atoms with Crippen LogP contribution in [0.3, 0.4) is 0 Å². The van der Waals surface area contributed by atoms with Crippen LogP contribution in [0.5, 0.6) is 5.75 Å². The quantitative estimate of drug-likeness (QED) is 0.901. The highest BCUT2D eigenvalue weighted by molar-refractivity contribution is 6.01. The summed E-state index contributed by atoms with van der Waals surface area (Å²) < 4.78 is 5.50. The molecule has 1 saturated heterocycles. The van der Waals surface area contributed by atoms with Crippen LogP contribution < -0.4 is 9.64 Å². The van der Waals surface area contributed by atoms with Crippen molar-refractivity contribution in [1.29, 1.82) is 0 Å². The third kappa shape index (κ3) is 2.41. The van der Waals surface area contributed by atoms with Gasteiger partial charge in [0.15, 0.2) is 0 Å². The van der Waals surface area contributed by atoms with Crippen molar-refractivity contribution in [3.63, 3.8) is 0 Å². The molecule has 1 aliphatic heterocycles. The molecule has 2 atom stereocenters. The number of anilines is 1. The molecule has 0 radical (unpaired) electrons. The van der Waals surface area contributed by atoms with Crippen molar-refractivity contribution in [2.75, 3.05) is 11.5 Å². The summed E-state index contributed by atoms with van der Waals surface area (Å²) in [7, 11) is 0. The minimum atomic E-state index is -0.933. The maximum atomic E-state index is 12.1. The zero-order valence-corrected chi connectivity index (χ0v) is 11.0. The van der Waals surface area contributed by atoms with Gasteiger partial charge in [-0.3, -0.25) is 9.59 Å². The van der Waals surface area contributed by atoms with Crippen molar-refractivity contribution in [2.24, 2.45) is 5.92 Å². The van der Waals surface area contributed by atoms with Crippen molar-refractivity contribution in [3.05, 3.63) is 24.3 Å². The molecule has 1 aromatic carbocycles. The number of amides is 1. The molecule has 5 nitrogen and oxygen atoms in total. The van der Waals surface area contributed by atoms with Crippen LogP contribution in [0, 0.1) is 5.92 Å². The molecule has 0 spiro atoms. The molecule has 1 aromatic rings. The molecule has 1 amide bonds. The standard InChI is InChI=1S/C14H17NO4/c1-3-19-12-7-5-4-6-11(12)15-9(2)10(14(17)18)8-13(15)16/h4-7,9-10H,3,8H2,1-2H3,(H,17,18). The van der Waals surface area contributed by atoms with Crippen LogP contribution in [0.25, 0.3) is 0 Å². The third-order valence-corrected chi connectivity index (χ3v) is 3.39. The fourth-order valence-electron chi connectivity index (χ4n) is 2.45. The Morgan fingerprint density at radius 3 is 2.74 bits per heavy atom. The average molecular weight is 263 g/mol. The summed E-state index contributed by atoms with van der Waals surface area (Å²) in [5.74, 6) is -1.16. The number of carbonyl (C=O) groups excluding carboxylic acids is 1. The second-order valence-corrected chi connectivity index (χ2v) is 4.55. The molecule has 2 rings (SSSR count). The normalized spacial score (nSPS) is 22.6. The molecule has 0 aromatic heterocycles. The van der Waals surface area contributed by atoms with Gasteiger partial charge in [0.1, 0.15) is 5.75 Å². The van der Waals surface area contributed by atoms with Gasteiger partial charge in [-0.2, -0.15) is 0 Å². The lowest BCUT2D eigenvalue weighted by Crippen LogP contribution is -2.35. The molecule has 5 heteroatoms. The van der Waals surface area contributed by atoms with Gasteiger partial charge in [-0.25, -0.2) is 0 Å². The highest BCUT2D eigenvalue weighted by atomic mass is 16.5. The van der Waals surface area contributed by atoms with Gasteiger partial charge >= 0.3 is 5.97 Å². The van der Waals surface area contributed by atoms with Gasteiger partial charge in [-0.1, -0.05) is 12.1 Å². The van der Waals surface area contributed by atoms with Crippen molar-refractivity contribution < 1.29 is 19.4 Å². The van der Waals surface area contributed by atoms with E-state index >= 15 is 0 Å². The molecule has 1 aliphatic rings. The zero-order chi connectivity index (χ0) is 14.0. The first-order chi connectivity index (χ1) is 9.06. The number of ether oxygens (including phenoxy) is 1. The number of para-hydroxylation sites is 2. The van der Waals surface area contributed by atoms with E-state index in [0.717, 1.165) is 0 Å². The lowest BCUT2D eigenvalue weighted by Gasteiger charge is -2.25. The average Bonchev–Trinajstić information content (AvgIpc) is 2.66. The largest absolute Gasteiger partial charge is 0.492 e. The predicted octanol–water partition coefficient (Wildman–Crippen LogP) is 1.91. The van der Waals surface area contributed by atoms with E-state index in [1.807, 2.05) is 19.1 Å². The monoisotopic (exact) mass is 263 g/mol. The van der Waals surface area contributed by atoms with E-state index in [9.17, 15) is 9.59 Å². The number of carboxylic acid groups (broad SMARTS) is 1. The summed E-state index contributed by atoms with van der Waals surface area (Å²) in [6.07, 6.45) is 0.0387. The number of benzene rings is 1. The Labute approximate surface area is 111 Å². The van der Waals surface area contributed by atoms with Gasteiger partial charge in [0.05, 0.1) is 18.2 Å². The van der Waals surface area contributed by atoms with E-state index < -0.39 is 11.9 Å². The summed E-state index contributed by atoms with van der Waals surface area (Å²) in [5, 5.41) is 9.13. The molecular formula is C14H17NO4. The van der Waals surface area contributed by atoms with Crippen molar-refractivity contribution >= 4 is 17.6 Å². The van der Waals surface area contributed by atoms with Gasteiger partial charge in [0.25, 0.3) is 0 Å². The summed E-state index contributed by atoms with van der Waals surface area (Å²) in [6.45, 7) is 4.12. The van der Waals surface area contributed by atoms with E-state index in [1.165, 1.54) is 4.90 Å². The van der Waals surface area contributed by atoms with Crippen LogP contribution in [0.15, 0.2) is 24.3 Å². The predicted molar refractivity (Wildman–Crippen MR) is 70.3 cm³/mol. The molecule has 19 heavy (non-hydrogen) atoms. The maximum Gasteiger partial charge on any atom is 0.309 e. The SMILES string of the molecule is CCOc1ccccc1N1C(=O)CC(C(=O)O)C1C. The molecule has 1 fully saturated rings. The summed E-state index contributed by atoms with van der Waals surface area (Å²) in [5.41, 5.74) is 0.644. The summed E-state index contributed by atoms with van der Waals surface area (Å²) in [6, 6.07) is 6.84. The Balaban J connectivity index is 2.36. The van der Waals surface area contributed by atoms with E-state index in [0.29, 0.717) is 18.0 Å². The molecule has 102 valence electrons. The third-order valence-electron chi connectivity index (χ3n) is 3.39. The molecule has 2 unspecified atom stereocenters. The Kier molecular flexibility index (Phi) is 3.74. The Morgan fingerprint density at radius 2 is 2.16 bits per heavy atom. The molecule has 0 saturated carbocycles. The highest BCUT2D eigenvalue weighted by Crippen LogP contribution is 2.36. The lowest BCUT2D eigenvalue weighted by atomic mass is 10.0. The number of aliphatic carboxylic acids is 1. The first kappa shape index (κ1) is 13.4. The van der Waals surface area contributed by atoms with Crippen LogP contribution in [0.1, 0.15) is 20.3 Å². The van der Waals surface area contributed by atoms with Crippen LogP contribution in [0.4, 0.5) is 5.69 Å².